The van der Waals surface area contributed by atoms with Crippen LogP contribution in [0.2, 0.25) is 0 Å². The van der Waals surface area contributed by atoms with Gasteiger partial charge in [0.25, 0.3) is 0 Å². The van der Waals surface area contributed by atoms with E-state index in [1.165, 1.54) is 6.20 Å². The Morgan fingerprint density at radius 2 is 1.94 bits per heavy atom. The molecule has 31 heavy (non-hydrogen) atoms. The maximum atomic E-state index is 13.3. The number of hydrogen-bond donors (Lipinski definition) is 1. The summed E-state index contributed by atoms with van der Waals surface area (Å²) >= 11 is 0. The summed E-state index contributed by atoms with van der Waals surface area (Å²) in [6.07, 6.45) is 0.272. The highest BCUT2D eigenvalue weighted by Gasteiger charge is 2.58. The summed E-state index contributed by atoms with van der Waals surface area (Å²) in [5, 5.41) is 4.70. The van der Waals surface area contributed by atoms with Gasteiger partial charge in [-0.05, 0) is 50.2 Å². The predicted octanol–water partition coefficient (Wildman–Crippen LogP) is 4.42. The Labute approximate surface area is 178 Å². The van der Waals surface area contributed by atoms with Crippen LogP contribution < -0.4 is 5.73 Å². The highest BCUT2D eigenvalue weighted by molar-refractivity contribution is 5.63. The third kappa shape index (κ3) is 3.71. The highest BCUT2D eigenvalue weighted by atomic mass is 19.4. The first-order chi connectivity index (χ1) is 14.8. The number of ether oxygens (including phenoxy) is 2. The van der Waals surface area contributed by atoms with E-state index in [2.05, 4.69) is 18.8 Å². The number of aromatic nitrogens is 3. The van der Waals surface area contributed by atoms with Gasteiger partial charge in [0.15, 0.2) is 0 Å². The molecule has 0 spiro atoms. The summed E-state index contributed by atoms with van der Waals surface area (Å²) in [6.45, 7) is 5.55. The fraction of sp³-hybridized carbons (Fsp3) is 0.636. The first-order valence-electron chi connectivity index (χ1n) is 10.9. The molecule has 3 aliphatic rings. The van der Waals surface area contributed by atoms with Gasteiger partial charge in [-0.1, -0.05) is 6.92 Å². The van der Waals surface area contributed by atoms with Crippen LogP contribution in [0.4, 0.5) is 19.0 Å². The van der Waals surface area contributed by atoms with E-state index in [1.54, 1.807) is 0 Å². The largest absolute Gasteiger partial charge is 0.419 e. The molecule has 5 rings (SSSR count). The van der Waals surface area contributed by atoms with Crippen molar-refractivity contribution in [2.75, 3.05) is 18.9 Å². The minimum Gasteiger partial charge on any atom is -0.383 e. The Balaban J connectivity index is 1.40. The van der Waals surface area contributed by atoms with Crippen LogP contribution in [0, 0.1) is 11.8 Å². The van der Waals surface area contributed by atoms with Crippen molar-refractivity contribution in [2.24, 2.45) is 11.8 Å². The molecule has 0 amide bonds. The van der Waals surface area contributed by atoms with Gasteiger partial charge >= 0.3 is 6.18 Å². The molecule has 6 nitrogen and oxygen atoms in total. The van der Waals surface area contributed by atoms with Crippen LogP contribution >= 0.6 is 0 Å². The molecule has 3 fully saturated rings. The zero-order chi connectivity index (χ0) is 21.9. The number of nitrogens with zero attached hydrogens (tertiary/aromatic N) is 3. The molecule has 9 heteroatoms. The molecule has 2 N–H and O–H groups in total. The first kappa shape index (κ1) is 20.8. The van der Waals surface area contributed by atoms with Crippen molar-refractivity contribution in [1.82, 2.24) is 14.8 Å². The molecule has 2 aromatic heterocycles. The molecule has 3 heterocycles. The lowest BCUT2D eigenvalue weighted by molar-refractivity contribution is -0.154. The lowest BCUT2D eigenvalue weighted by atomic mass is 10.0. The summed E-state index contributed by atoms with van der Waals surface area (Å²) in [4.78, 5) is 3.78. The van der Waals surface area contributed by atoms with Gasteiger partial charge in [0.05, 0.1) is 30.6 Å². The number of nitrogen functional groups attached to an aromatic ring is 1. The van der Waals surface area contributed by atoms with Crippen molar-refractivity contribution in [1.29, 1.82) is 0 Å². The lowest BCUT2D eigenvalue weighted by Crippen LogP contribution is -2.38. The van der Waals surface area contributed by atoms with Gasteiger partial charge < -0.3 is 15.2 Å². The molecule has 2 aromatic rings. The third-order valence-electron chi connectivity index (χ3n) is 7.03. The second-order valence-electron chi connectivity index (χ2n) is 9.05. The molecule has 3 atom stereocenters. The quantitative estimate of drug-likeness (QED) is 0.725. The molecule has 1 saturated heterocycles. The molecule has 2 saturated carbocycles. The van der Waals surface area contributed by atoms with Crippen LogP contribution in [0.3, 0.4) is 0 Å². The van der Waals surface area contributed by atoms with Crippen LogP contribution in [0.15, 0.2) is 18.3 Å². The normalized spacial score (nSPS) is 28.9. The molecule has 3 unspecified atom stereocenters. The van der Waals surface area contributed by atoms with Crippen LogP contribution in [0.25, 0.3) is 11.3 Å². The van der Waals surface area contributed by atoms with Gasteiger partial charge in [-0.3, -0.25) is 4.68 Å². The van der Waals surface area contributed by atoms with E-state index in [4.69, 9.17) is 20.3 Å². The Morgan fingerprint density at radius 3 is 2.52 bits per heavy atom. The summed E-state index contributed by atoms with van der Waals surface area (Å²) < 4.78 is 53.2. The first-order valence-corrected chi connectivity index (χ1v) is 10.9. The van der Waals surface area contributed by atoms with Crippen LogP contribution in [0.1, 0.15) is 56.3 Å². The van der Waals surface area contributed by atoms with Crippen LogP contribution in [0.5, 0.6) is 0 Å². The minimum atomic E-state index is -4.55. The van der Waals surface area contributed by atoms with Gasteiger partial charge in [-0.2, -0.15) is 18.3 Å². The number of hydrogen-bond acceptors (Lipinski definition) is 5. The molecular formula is C22H27F3N4O2. The van der Waals surface area contributed by atoms with E-state index >= 15 is 0 Å². The van der Waals surface area contributed by atoms with E-state index in [1.807, 2.05) is 10.7 Å². The van der Waals surface area contributed by atoms with Gasteiger partial charge in [0.2, 0.25) is 0 Å². The average molecular weight is 436 g/mol. The van der Waals surface area contributed by atoms with Gasteiger partial charge in [0.1, 0.15) is 11.9 Å². The molecule has 0 radical (unpaired) electrons. The molecular weight excluding hydrogens is 409 g/mol. The molecule has 168 valence electrons. The number of anilines is 1. The SMILES string of the molecule is CCC(C)n1nc(-c2cnc(N)c(C(F)(F)F)c2)cc1C1C2CC(OC3COC3)CC21. The Morgan fingerprint density at radius 1 is 1.23 bits per heavy atom. The number of alkyl halides is 3. The predicted molar refractivity (Wildman–Crippen MR) is 108 cm³/mol. The standard InChI is InChI=1S/C22H27F3N4O2/c1-3-11(2)29-19(20-15-5-13(6-16(15)20)31-14-9-30-10-14)7-18(28-29)12-4-17(22(23,24)25)21(26)27-8-12/h4,7-8,11,13-16,20H,3,5-6,9-10H2,1-2H3,(H2,26,27). The number of rotatable bonds is 6. The Hall–Kier alpha value is -2.13. The number of nitrogens with two attached hydrogens (primary N) is 1. The topological polar surface area (TPSA) is 75.2 Å². The maximum absolute atomic E-state index is 13.3. The maximum Gasteiger partial charge on any atom is 0.419 e. The number of fused-ring (bicyclic) bond motifs is 1. The molecule has 2 aliphatic carbocycles. The van der Waals surface area contributed by atoms with Crippen molar-refractivity contribution >= 4 is 5.82 Å². The van der Waals surface area contributed by atoms with Crippen LogP contribution in [-0.2, 0) is 15.7 Å². The fourth-order valence-corrected chi connectivity index (χ4v) is 5.07. The van der Waals surface area contributed by atoms with Crippen molar-refractivity contribution in [2.45, 2.75) is 63.5 Å². The van der Waals surface area contributed by atoms with Crippen molar-refractivity contribution in [3.05, 3.63) is 29.6 Å². The molecule has 0 bridgehead atoms. The molecule has 0 aromatic carbocycles. The second-order valence-corrected chi connectivity index (χ2v) is 9.05. The average Bonchev–Trinajstić information content (AvgIpc) is 3.05. The van der Waals surface area contributed by atoms with Crippen molar-refractivity contribution in [3.8, 4) is 11.3 Å². The van der Waals surface area contributed by atoms with Crippen molar-refractivity contribution in [3.63, 3.8) is 0 Å². The minimum absolute atomic E-state index is 0.160. The van der Waals surface area contributed by atoms with Crippen molar-refractivity contribution < 1.29 is 22.6 Å². The summed E-state index contributed by atoms with van der Waals surface area (Å²) in [5.41, 5.74) is 6.49. The van der Waals surface area contributed by atoms with E-state index in [-0.39, 0.29) is 18.2 Å². The molecule has 1 aliphatic heterocycles. The Kier molecular flexibility index (Phi) is 5.01. The van der Waals surface area contributed by atoms with Crippen LogP contribution in [-0.4, -0.2) is 40.2 Å². The van der Waals surface area contributed by atoms with E-state index in [0.29, 0.717) is 42.2 Å². The number of halogens is 3. The second kappa shape index (κ2) is 7.48. The Bertz CT molecular complexity index is 960. The van der Waals surface area contributed by atoms with Gasteiger partial charge in [-0.25, -0.2) is 4.98 Å². The van der Waals surface area contributed by atoms with E-state index in [0.717, 1.165) is 31.0 Å². The summed E-state index contributed by atoms with van der Waals surface area (Å²) in [6, 6.07) is 3.15. The number of pyridine rings is 1. The smallest absolute Gasteiger partial charge is 0.383 e. The lowest BCUT2D eigenvalue weighted by Gasteiger charge is -2.30. The zero-order valence-electron chi connectivity index (χ0n) is 17.6. The zero-order valence-corrected chi connectivity index (χ0v) is 17.6. The summed E-state index contributed by atoms with van der Waals surface area (Å²) in [5.74, 6) is 0.969. The van der Waals surface area contributed by atoms with E-state index < -0.39 is 17.6 Å². The summed E-state index contributed by atoms with van der Waals surface area (Å²) in [7, 11) is 0. The van der Waals surface area contributed by atoms with Gasteiger partial charge in [0, 0.05) is 29.4 Å². The van der Waals surface area contributed by atoms with E-state index in [9.17, 15) is 13.2 Å². The highest BCUT2D eigenvalue weighted by Crippen LogP contribution is 2.64. The fourth-order valence-electron chi connectivity index (χ4n) is 5.07. The third-order valence-corrected chi connectivity index (χ3v) is 7.03. The monoisotopic (exact) mass is 436 g/mol. The van der Waals surface area contributed by atoms with Gasteiger partial charge in [-0.15, -0.1) is 0 Å².